The van der Waals surface area contributed by atoms with E-state index in [4.69, 9.17) is 0 Å². The number of hydrogen-bond donors (Lipinski definition) is 2. The molecular weight excluding hydrogens is 489 g/mol. The molecule has 2 aromatic heterocycles. The van der Waals surface area contributed by atoms with Crippen molar-refractivity contribution in [3.05, 3.63) is 34.0 Å². The molecule has 2 N–H and O–H groups in total. The van der Waals surface area contributed by atoms with Gasteiger partial charge in [0, 0.05) is 31.4 Å². The molecule has 154 valence electrons. The fraction of sp³-hybridized carbons (Fsp3) is 0.556. The number of aliphatic imine (C=N–C) groups is 1. The van der Waals surface area contributed by atoms with E-state index in [0.29, 0.717) is 5.96 Å². The van der Waals surface area contributed by atoms with Crippen LogP contribution < -0.4 is 10.6 Å². The summed E-state index contributed by atoms with van der Waals surface area (Å²) in [6.07, 6.45) is 1.83. The molecule has 10 heteroatoms. The summed E-state index contributed by atoms with van der Waals surface area (Å²) in [7, 11) is 3.48. The van der Waals surface area contributed by atoms with E-state index in [1.54, 1.807) is 30.3 Å². The standard InChI is InChI=1S/C18H27N7OS.HI/c1-12(15-6-5-9-27-15)20-18(19-10-17(26)24(3)4)22-14-7-8-16-21-13(2)23-25(16)11-14;/h5-6,9,12,14H,7-8,10-11H2,1-4H3,(H2,19,20,22);1H. The Labute approximate surface area is 186 Å². The van der Waals surface area contributed by atoms with E-state index in [9.17, 15) is 4.79 Å². The lowest BCUT2D eigenvalue weighted by Crippen LogP contribution is -2.48. The van der Waals surface area contributed by atoms with E-state index in [2.05, 4.69) is 44.1 Å². The fourth-order valence-corrected chi connectivity index (χ4v) is 3.71. The summed E-state index contributed by atoms with van der Waals surface area (Å²) in [6, 6.07) is 4.43. The Morgan fingerprint density at radius 3 is 2.96 bits per heavy atom. The van der Waals surface area contributed by atoms with E-state index in [0.717, 1.165) is 31.0 Å². The maximum Gasteiger partial charge on any atom is 0.243 e. The lowest BCUT2D eigenvalue weighted by Gasteiger charge is -2.27. The van der Waals surface area contributed by atoms with Crippen LogP contribution in [0.2, 0.25) is 0 Å². The second-order valence-electron chi connectivity index (χ2n) is 6.97. The number of thiophene rings is 1. The Bertz CT molecular complexity index is 803. The number of carbonyl (C=O) groups is 1. The van der Waals surface area contributed by atoms with E-state index >= 15 is 0 Å². The molecule has 3 rings (SSSR count). The average Bonchev–Trinajstić information content (AvgIpc) is 3.27. The van der Waals surface area contributed by atoms with Gasteiger partial charge in [-0.1, -0.05) is 6.07 Å². The zero-order valence-corrected chi connectivity index (χ0v) is 19.8. The van der Waals surface area contributed by atoms with E-state index < -0.39 is 0 Å². The highest BCUT2D eigenvalue weighted by molar-refractivity contribution is 14.0. The van der Waals surface area contributed by atoms with Gasteiger partial charge in [-0.3, -0.25) is 4.79 Å². The summed E-state index contributed by atoms with van der Waals surface area (Å²) in [4.78, 5) is 23.7. The number of hydrogen-bond acceptors (Lipinski definition) is 5. The first kappa shape index (κ1) is 22.6. The van der Waals surface area contributed by atoms with Gasteiger partial charge >= 0.3 is 0 Å². The molecule has 1 aliphatic rings. The van der Waals surface area contributed by atoms with Gasteiger partial charge < -0.3 is 15.5 Å². The van der Waals surface area contributed by atoms with Crippen LogP contribution in [0.3, 0.4) is 0 Å². The van der Waals surface area contributed by atoms with Crippen molar-refractivity contribution < 1.29 is 4.79 Å². The van der Waals surface area contributed by atoms with Crippen molar-refractivity contribution in [2.45, 2.75) is 45.3 Å². The molecule has 3 heterocycles. The van der Waals surface area contributed by atoms with Gasteiger partial charge in [0.05, 0.1) is 12.6 Å². The van der Waals surface area contributed by atoms with Gasteiger partial charge in [-0.05, 0) is 31.7 Å². The summed E-state index contributed by atoms with van der Waals surface area (Å²) >= 11 is 1.70. The van der Waals surface area contributed by atoms with Gasteiger partial charge in [0.1, 0.15) is 18.2 Å². The predicted octanol–water partition coefficient (Wildman–Crippen LogP) is 1.97. The van der Waals surface area contributed by atoms with Crippen LogP contribution in [0.25, 0.3) is 0 Å². The minimum Gasteiger partial charge on any atom is -0.352 e. The molecule has 1 amide bonds. The summed E-state index contributed by atoms with van der Waals surface area (Å²) in [5, 5.41) is 13.4. The second-order valence-corrected chi connectivity index (χ2v) is 7.95. The Balaban J connectivity index is 0.00000280. The molecule has 0 aromatic carbocycles. The lowest BCUT2D eigenvalue weighted by molar-refractivity contribution is -0.127. The topological polar surface area (TPSA) is 87.4 Å². The Morgan fingerprint density at radius 1 is 1.50 bits per heavy atom. The number of fused-ring (bicyclic) bond motifs is 1. The highest BCUT2D eigenvalue weighted by Crippen LogP contribution is 2.18. The molecule has 0 fully saturated rings. The molecule has 2 unspecified atom stereocenters. The number of rotatable bonds is 5. The number of carbonyl (C=O) groups excluding carboxylic acids is 1. The SMILES string of the molecule is Cc1nc2n(n1)CC(NC(=NCC(=O)N(C)C)NC(C)c1cccs1)CC2.I. The van der Waals surface area contributed by atoms with Gasteiger partial charge in [0.25, 0.3) is 0 Å². The molecule has 1 aliphatic heterocycles. The van der Waals surface area contributed by atoms with Gasteiger partial charge in [-0.15, -0.1) is 35.3 Å². The van der Waals surface area contributed by atoms with Crippen molar-refractivity contribution in [2.75, 3.05) is 20.6 Å². The molecule has 0 spiro atoms. The first-order valence-corrected chi connectivity index (χ1v) is 10.0. The summed E-state index contributed by atoms with van der Waals surface area (Å²) in [5.74, 6) is 2.46. The molecule has 2 atom stereocenters. The second kappa shape index (κ2) is 10.2. The number of amides is 1. The summed E-state index contributed by atoms with van der Waals surface area (Å²) in [5.41, 5.74) is 0. The third-order valence-electron chi connectivity index (χ3n) is 4.50. The smallest absolute Gasteiger partial charge is 0.243 e. The first-order valence-electron chi connectivity index (χ1n) is 9.13. The quantitative estimate of drug-likeness (QED) is 0.360. The monoisotopic (exact) mass is 517 g/mol. The number of aromatic nitrogens is 3. The molecular formula is C18H28IN7OS. The van der Waals surface area contributed by atoms with Gasteiger partial charge in [-0.2, -0.15) is 5.10 Å². The van der Waals surface area contributed by atoms with Crippen molar-refractivity contribution in [1.82, 2.24) is 30.3 Å². The first-order chi connectivity index (χ1) is 12.9. The summed E-state index contributed by atoms with van der Waals surface area (Å²) < 4.78 is 1.96. The van der Waals surface area contributed by atoms with E-state index in [1.165, 1.54) is 4.88 Å². The molecule has 2 aromatic rings. The third-order valence-corrected chi connectivity index (χ3v) is 5.55. The van der Waals surface area contributed by atoms with Crippen LogP contribution >= 0.6 is 35.3 Å². The minimum atomic E-state index is -0.0299. The van der Waals surface area contributed by atoms with Crippen molar-refractivity contribution in [2.24, 2.45) is 4.99 Å². The van der Waals surface area contributed by atoms with Crippen LogP contribution in [0.4, 0.5) is 0 Å². The number of halogens is 1. The average molecular weight is 517 g/mol. The summed E-state index contributed by atoms with van der Waals surface area (Å²) in [6.45, 7) is 4.86. The van der Waals surface area contributed by atoms with Crippen molar-refractivity contribution >= 4 is 47.2 Å². The third kappa shape index (κ3) is 5.90. The number of nitrogens with zero attached hydrogens (tertiary/aromatic N) is 5. The normalized spacial score (nSPS) is 17.3. The maximum atomic E-state index is 12.0. The number of aryl methyl sites for hydroxylation is 2. The lowest BCUT2D eigenvalue weighted by atomic mass is 10.1. The highest BCUT2D eigenvalue weighted by Gasteiger charge is 2.22. The van der Waals surface area contributed by atoms with Gasteiger partial charge in [0.2, 0.25) is 5.91 Å². The van der Waals surface area contributed by atoms with Gasteiger partial charge in [0.15, 0.2) is 5.96 Å². The molecule has 0 bridgehead atoms. The molecule has 8 nitrogen and oxygen atoms in total. The fourth-order valence-electron chi connectivity index (χ4n) is 2.98. The van der Waals surface area contributed by atoms with Crippen LogP contribution in [-0.4, -0.2) is 58.2 Å². The number of likely N-dealkylation sites (N-methyl/N-ethyl adjacent to an activating group) is 1. The predicted molar refractivity (Wildman–Crippen MR) is 122 cm³/mol. The zero-order chi connectivity index (χ0) is 19.4. The Morgan fingerprint density at radius 2 is 2.29 bits per heavy atom. The maximum absolute atomic E-state index is 12.0. The van der Waals surface area contributed by atoms with Crippen molar-refractivity contribution in [3.8, 4) is 0 Å². The number of guanidine groups is 1. The molecule has 0 radical (unpaired) electrons. The number of nitrogens with one attached hydrogen (secondary N) is 2. The van der Waals surface area contributed by atoms with Crippen LogP contribution in [0, 0.1) is 6.92 Å². The van der Waals surface area contributed by atoms with Crippen molar-refractivity contribution in [3.63, 3.8) is 0 Å². The van der Waals surface area contributed by atoms with Crippen LogP contribution in [0.1, 0.15) is 35.9 Å². The van der Waals surface area contributed by atoms with Crippen LogP contribution in [0.15, 0.2) is 22.5 Å². The molecule has 0 aliphatic carbocycles. The minimum absolute atomic E-state index is 0. The van der Waals surface area contributed by atoms with Gasteiger partial charge in [-0.25, -0.2) is 14.7 Å². The van der Waals surface area contributed by atoms with E-state index in [1.807, 2.05) is 17.7 Å². The Kier molecular flexibility index (Phi) is 8.23. The van der Waals surface area contributed by atoms with Crippen LogP contribution in [0.5, 0.6) is 0 Å². The molecule has 28 heavy (non-hydrogen) atoms. The van der Waals surface area contributed by atoms with Crippen molar-refractivity contribution in [1.29, 1.82) is 0 Å². The van der Waals surface area contributed by atoms with Crippen LogP contribution in [-0.2, 0) is 17.8 Å². The largest absolute Gasteiger partial charge is 0.352 e. The zero-order valence-electron chi connectivity index (χ0n) is 16.7. The Hall–Kier alpha value is -1.69. The highest BCUT2D eigenvalue weighted by atomic mass is 127. The molecule has 0 saturated heterocycles. The van der Waals surface area contributed by atoms with E-state index in [-0.39, 0.29) is 48.5 Å². The molecule has 0 saturated carbocycles.